The maximum Gasteiger partial charge on any atom is 0.269 e. The van der Waals surface area contributed by atoms with Gasteiger partial charge < -0.3 is 4.74 Å². The second-order valence-corrected chi connectivity index (χ2v) is 8.05. The van der Waals surface area contributed by atoms with E-state index in [0.717, 1.165) is 19.3 Å². The first-order valence-corrected chi connectivity index (χ1v) is 9.70. The van der Waals surface area contributed by atoms with Gasteiger partial charge >= 0.3 is 0 Å². The van der Waals surface area contributed by atoms with E-state index in [2.05, 4.69) is 10.9 Å². The summed E-state index contributed by atoms with van der Waals surface area (Å²) < 4.78 is 31.8. The Balaban J connectivity index is 1.67. The van der Waals surface area contributed by atoms with Crippen LogP contribution in [0.2, 0.25) is 0 Å². The molecule has 1 aliphatic carbocycles. The highest BCUT2D eigenvalue weighted by molar-refractivity contribution is 7.89. The largest absolute Gasteiger partial charge is 0.379 e. The van der Waals surface area contributed by atoms with Crippen LogP contribution in [0.1, 0.15) is 29.6 Å². The van der Waals surface area contributed by atoms with Crippen molar-refractivity contribution in [1.82, 2.24) is 15.2 Å². The van der Waals surface area contributed by atoms with Crippen molar-refractivity contribution < 1.29 is 22.7 Å². The Morgan fingerprint density at radius 2 is 1.84 bits per heavy atom. The summed E-state index contributed by atoms with van der Waals surface area (Å²) in [7, 11) is -3.67. The number of carbonyl (C=O) groups is 2. The highest BCUT2D eigenvalue weighted by atomic mass is 32.2. The molecule has 0 bridgehead atoms. The number of sulfonamides is 1. The fourth-order valence-electron chi connectivity index (χ4n) is 2.70. The quantitative estimate of drug-likeness (QED) is 0.743. The molecule has 2 amide bonds. The van der Waals surface area contributed by atoms with Crippen molar-refractivity contribution in [2.45, 2.75) is 24.2 Å². The Hall–Kier alpha value is -1.97. The summed E-state index contributed by atoms with van der Waals surface area (Å²) in [6.45, 7) is 1.28. The molecule has 1 aromatic rings. The second-order valence-electron chi connectivity index (χ2n) is 6.12. The number of nitrogens with zero attached hydrogens (tertiary/aromatic N) is 1. The van der Waals surface area contributed by atoms with Crippen molar-refractivity contribution in [2.75, 3.05) is 26.3 Å². The fraction of sp³-hybridized carbons (Fsp3) is 0.500. The van der Waals surface area contributed by atoms with Crippen LogP contribution in [0.25, 0.3) is 0 Å². The lowest BCUT2D eigenvalue weighted by atomic mass is 9.85. The molecule has 8 nitrogen and oxygen atoms in total. The van der Waals surface area contributed by atoms with Gasteiger partial charge in [-0.2, -0.15) is 4.31 Å². The van der Waals surface area contributed by atoms with Crippen LogP contribution in [0.5, 0.6) is 0 Å². The molecule has 2 aliphatic rings. The van der Waals surface area contributed by atoms with Crippen molar-refractivity contribution >= 4 is 21.8 Å². The molecule has 1 aromatic carbocycles. The third-order valence-corrected chi connectivity index (χ3v) is 6.37. The van der Waals surface area contributed by atoms with Gasteiger partial charge in [-0.1, -0.05) is 12.5 Å². The number of hydrogen-bond donors (Lipinski definition) is 2. The van der Waals surface area contributed by atoms with Crippen molar-refractivity contribution in [3.8, 4) is 0 Å². The van der Waals surface area contributed by atoms with Crippen molar-refractivity contribution in [1.29, 1.82) is 0 Å². The second kappa shape index (κ2) is 7.51. The first-order valence-electron chi connectivity index (χ1n) is 8.26. The van der Waals surface area contributed by atoms with Crippen LogP contribution >= 0.6 is 0 Å². The van der Waals surface area contributed by atoms with Crippen molar-refractivity contribution in [3.05, 3.63) is 29.8 Å². The van der Waals surface area contributed by atoms with E-state index >= 15 is 0 Å². The van der Waals surface area contributed by atoms with Crippen LogP contribution in [0.3, 0.4) is 0 Å². The minimum atomic E-state index is -3.67. The minimum absolute atomic E-state index is 0.0478. The van der Waals surface area contributed by atoms with E-state index in [1.165, 1.54) is 28.6 Å². The molecule has 2 N–H and O–H groups in total. The van der Waals surface area contributed by atoms with E-state index in [1.807, 2.05) is 0 Å². The molecule has 25 heavy (non-hydrogen) atoms. The van der Waals surface area contributed by atoms with Crippen molar-refractivity contribution in [3.63, 3.8) is 0 Å². The number of hydrogen-bond acceptors (Lipinski definition) is 5. The molecule has 0 radical (unpaired) electrons. The van der Waals surface area contributed by atoms with Crippen LogP contribution in [0.4, 0.5) is 0 Å². The van der Waals surface area contributed by atoms with Crippen LogP contribution in [0.15, 0.2) is 29.2 Å². The third-order valence-electron chi connectivity index (χ3n) is 4.48. The van der Waals surface area contributed by atoms with Crippen LogP contribution < -0.4 is 10.9 Å². The molecule has 2 fully saturated rings. The number of carbonyl (C=O) groups excluding carboxylic acids is 2. The number of ether oxygens (including phenoxy) is 1. The molecular formula is C16H21N3O5S. The zero-order chi connectivity index (χ0) is 17.9. The number of amides is 2. The fourth-order valence-corrected chi connectivity index (χ4v) is 4.15. The summed E-state index contributed by atoms with van der Waals surface area (Å²) in [6.07, 6.45) is 2.68. The minimum Gasteiger partial charge on any atom is -0.379 e. The molecule has 1 saturated heterocycles. The number of hydrazine groups is 1. The first kappa shape index (κ1) is 17.8. The van der Waals surface area contributed by atoms with E-state index in [9.17, 15) is 18.0 Å². The van der Waals surface area contributed by atoms with Gasteiger partial charge in [0.15, 0.2) is 0 Å². The average Bonchev–Trinajstić information content (AvgIpc) is 2.59. The molecule has 9 heteroatoms. The molecule has 0 spiro atoms. The van der Waals surface area contributed by atoms with Gasteiger partial charge in [0, 0.05) is 24.6 Å². The van der Waals surface area contributed by atoms with Crippen molar-refractivity contribution in [2.24, 2.45) is 5.92 Å². The van der Waals surface area contributed by atoms with Gasteiger partial charge in [0.05, 0.1) is 18.1 Å². The standard InChI is InChI=1S/C16H21N3O5S/c20-15(12-3-1-4-12)17-18-16(21)13-5-2-6-14(11-13)25(22,23)19-7-9-24-10-8-19/h2,5-6,11-12H,1,3-4,7-10H2,(H,17,20)(H,18,21). The first-order chi connectivity index (χ1) is 12.0. The van der Waals surface area contributed by atoms with E-state index in [-0.39, 0.29) is 35.4 Å². The summed E-state index contributed by atoms with van der Waals surface area (Å²) in [5.41, 5.74) is 4.90. The third kappa shape index (κ3) is 4.00. The Morgan fingerprint density at radius 3 is 2.48 bits per heavy atom. The summed E-state index contributed by atoms with van der Waals surface area (Å²) in [5, 5.41) is 0. The Kier molecular flexibility index (Phi) is 5.36. The summed E-state index contributed by atoms with van der Waals surface area (Å²) in [4.78, 5) is 24.0. The maximum absolute atomic E-state index is 12.6. The van der Waals surface area contributed by atoms with Gasteiger partial charge in [-0.15, -0.1) is 0 Å². The summed E-state index contributed by atoms with van der Waals surface area (Å²) in [6, 6.07) is 5.78. The number of nitrogens with one attached hydrogen (secondary N) is 2. The number of morpholine rings is 1. The molecule has 136 valence electrons. The monoisotopic (exact) mass is 367 g/mol. The van der Waals surface area contributed by atoms with E-state index < -0.39 is 15.9 Å². The molecule has 0 aromatic heterocycles. The molecular weight excluding hydrogens is 346 g/mol. The Labute approximate surface area is 146 Å². The molecule has 0 atom stereocenters. The Morgan fingerprint density at radius 1 is 1.12 bits per heavy atom. The lowest BCUT2D eigenvalue weighted by molar-refractivity contribution is -0.128. The molecule has 1 saturated carbocycles. The lowest BCUT2D eigenvalue weighted by Gasteiger charge is -2.26. The van der Waals surface area contributed by atoms with E-state index in [1.54, 1.807) is 0 Å². The van der Waals surface area contributed by atoms with Crippen LogP contribution in [-0.4, -0.2) is 50.8 Å². The van der Waals surface area contributed by atoms with Gasteiger partial charge in [-0.3, -0.25) is 20.4 Å². The SMILES string of the molecule is O=C(NNC(=O)C1CCC1)c1cccc(S(=O)(=O)N2CCOCC2)c1. The van der Waals surface area contributed by atoms with E-state index in [0.29, 0.717) is 13.2 Å². The normalized spacial score (nSPS) is 19.0. The Bertz CT molecular complexity index is 755. The highest BCUT2D eigenvalue weighted by Gasteiger charge is 2.27. The van der Waals surface area contributed by atoms with Gasteiger partial charge in [0.1, 0.15) is 0 Å². The van der Waals surface area contributed by atoms with Gasteiger partial charge in [-0.25, -0.2) is 8.42 Å². The lowest BCUT2D eigenvalue weighted by Crippen LogP contribution is -2.46. The van der Waals surface area contributed by atoms with Crippen LogP contribution in [-0.2, 0) is 19.6 Å². The summed E-state index contributed by atoms with van der Waals surface area (Å²) >= 11 is 0. The summed E-state index contributed by atoms with van der Waals surface area (Å²) in [5.74, 6) is -0.809. The zero-order valence-electron chi connectivity index (χ0n) is 13.7. The molecule has 1 aliphatic heterocycles. The molecule has 0 unspecified atom stereocenters. The van der Waals surface area contributed by atoms with E-state index in [4.69, 9.17) is 4.74 Å². The number of rotatable bonds is 4. The van der Waals surface area contributed by atoms with Gasteiger partial charge in [-0.05, 0) is 31.0 Å². The van der Waals surface area contributed by atoms with Gasteiger partial charge in [0.25, 0.3) is 5.91 Å². The topological polar surface area (TPSA) is 105 Å². The molecule has 1 heterocycles. The zero-order valence-corrected chi connectivity index (χ0v) is 14.5. The van der Waals surface area contributed by atoms with Crippen LogP contribution in [0, 0.1) is 5.92 Å². The highest BCUT2D eigenvalue weighted by Crippen LogP contribution is 2.25. The smallest absolute Gasteiger partial charge is 0.269 e. The van der Waals surface area contributed by atoms with Gasteiger partial charge in [0.2, 0.25) is 15.9 Å². The maximum atomic E-state index is 12.6. The average molecular weight is 367 g/mol. The predicted octanol–water partition coefficient (Wildman–Crippen LogP) is 0.269. The molecule has 3 rings (SSSR count). The number of benzene rings is 1. The predicted molar refractivity (Wildman–Crippen MR) is 89.0 cm³/mol.